The van der Waals surface area contributed by atoms with Crippen molar-refractivity contribution in [2.24, 2.45) is 0 Å². The van der Waals surface area contributed by atoms with E-state index in [9.17, 15) is 0 Å². The predicted molar refractivity (Wildman–Crippen MR) is 283 cm³/mol. The second-order valence-electron chi connectivity index (χ2n) is 18.2. The maximum Gasteiger partial charge on any atom is 0.164 e. The first-order valence-electron chi connectivity index (χ1n) is 24.0. The maximum atomic E-state index is 5.36. The summed E-state index contributed by atoms with van der Waals surface area (Å²) < 4.78 is 2.27. The molecule has 332 valence electrons. The van der Waals surface area contributed by atoms with Crippen LogP contribution in [0.3, 0.4) is 0 Å². The van der Waals surface area contributed by atoms with Crippen LogP contribution in [0.25, 0.3) is 96.2 Å². The number of benzene rings is 9. The Balaban J connectivity index is 0.909. The van der Waals surface area contributed by atoms with Crippen LogP contribution in [0.5, 0.6) is 0 Å². The molecule has 15 rings (SSSR count). The van der Waals surface area contributed by atoms with Crippen molar-refractivity contribution in [1.29, 1.82) is 0 Å². The molecule has 3 aliphatic carbocycles. The highest BCUT2D eigenvalue weighted by Gasteiger charge is 2.41. The normalized spacial score (nSPS) is 14.2. The van der Waals surface area contributed by atoms with Gasteiger partial charge >= 0.3 is 0 Å². The topological polar surface area (TPSA) is 82.3 Å². The molecule has 2 atom stereocenters. The average Bonchev–Trinajstić information content (AvgIpc) is 3.85. The van der Waals surface area contributed by atoms with E-state index in [1.807, 2.05) is 66.7 Å². The van der Waals surface area contributed by atoms with E-state index in [0.29, 0.717) is 23.3 Å². The van der Waals surface area contributed by atoms with Crippen molar-refractivity contribution in [3.63, 3.8) is 0 Å². The van der Waals surface area contributed by atoms with Crippen LogP contribution in [0.2, 0.25) is 0 Å². The van der Waals surface area contributed by atoms with Crippen LogP contribution in [-0.4, -0.2) is 34.5 Å². The Bertz CT molecular complexity index is 3940. The van der Waals surface area contributed by atoms with Crippen LogP contribution in [0.15, 0.2) is 237 Å². The van der Waals surface area contributed by atoms with Crippen LogP contribution in [0.4, 0.5) is 0 Å². The van der Waals surface area contributed by atoms with Crippen LogP contribution in [0, 0.1) is 0 Å². The van der Waals surface area contributed by atoms with Gasteiger partial charge in [-0.25, -0.2) is 29.9 Å². The lowest BCUT2D eigenvalue weighted by Crippen LogP contribution is -2.27. The van der Waals surface area contributed by atoms with Crippen LogP contribution < -0.4 is 0 Å². The van der Waals surface area contributed by atoms with Crippen molar-refractivity contribution < 1.29 is 0 Å². The van der Waals surface area contributed by atoms with Crippen molar-refractivity contribution in [3.05, 3.63) is 270 Å². The number of nitrogens with zero attached hydrogens (tertiary/aromatic N) is 7. The Morgan fingerprint density at radius 1 is 0.282 bits per heavy atom. The van der Waals surface area contributed by atoms with Gasteiger partial charge in [0.1, 0.15) is 5.82 Å². The first-order valence-corrected chi connectivity index (χ1v) is 24.0. The minimum atomic E-state index is 0.0230. The summed E-state index contributed by atoms with van der Waals surface area (Å²) in [6.45, 7) is 0. The summed E-state index contributed by atoms with van der Waals surface area (Å²) in [6.07, 6.45) is 0. The van der Waals surface area contributed by atoms with Gasteiger partial charge in [-0.3, -0.25) is 4.57 Å². The maximum absolute atomic E-state index is 5.36. The SMILES string of the molecule is c1ccc(-c2nc(-c3ccc4c(c3)C3c5ccccc5C4c4cc(-c5nc(-c6ccccc6)nc(-c6ccccc6)n5)ccc43)cc(-c3ccccc3-n3c(-c4ccccc4)nc4ccccc43)n2)cc1. The number of para-hydroxylation sites is 3. The molecule has 3 aliphatic rings. The Hall–Kier alpha value is -9.46. The zero-order valence-electron chi connectivity index (χ0n) is 38.3. The molecule has 0 N–H and O–H groups in total. The molecule has 0 amide bonds. The zero-order valence-corrected chi connectivity index (χ0v) is 38.3. The Morgan fingerprint density at radius 2 is 0.718 bits per heavy atom. The molecule has 3 heterocycles. The van der Waals surface area contributed by atoms with Crippen LogP contribution >= 0.6 is 0 Å². The molecule has 0 fully saturated rings. The minimum absolute atomic E-state index is 0.0230. The highest BCUT2D eigenvalue weighted by molar-refractivity contribution is 5.87. The van der Waals surface area contributed by atoms with Gasteiger partial charge in [0.15, 0.2) is 23.3 Å². The Labute approximate surface area is 410 Å². The smallest absolute Gasteiger partial charge is 0.164 e. The highest BCUT2D eigenvalue weighted by Crippen LogP contribution is 2.56. The summed E-state index contributed by atoms with van der Waals surface area (Å²) in [5.41, 5.74) is 19.3. The van der Waals surface area contributed by atoms with Gasteiger partial charge in [-0.2, -0.15) is 0 Å². The molecule has 3 aromatic heterocycles. The molecule has 9 aromatic carbocycles. The molecule has 0 spiro atoms. The first-order chi connectivity index (χ1) is 35.2. The second kappa shape index (κ2) is 16.6. The quantitative estimate of drug-likeness (QED) is 0.151. The van der Waals surface area contributed by atoms with E-state index < -0.39 is 0 Å². The van der Waals surface area contributed by atoms with Crippen LogP contribution in [0.1, 0.15) is 45.2 Å². The molecule has 2 unspecified atom stereocenters. The highest BCUT2D eigenvalue weighted by atomic mass is 15.1. The number of imidazole rings is 1. The van der Waals surface area contributed by atoms with E-state index in [4.69, 9.17) is 29.9 Å². The number of hydrogen-bond donors (Lipinski definition) is 0. The van der Waals surface area contributed by atoms with Crippen molar-refractivity contribution in [3.8, 4) is 85.1 Å². The van der Waals surface area contributed by atoms with Crippen molar-refractivity contribution in [2.75, 3.05) is 0 Å². The standard InChI is InChI=1S/C64H41N7/c1-5-19-40(20-6-1)60-65-54(39-55(66-60)50-29-15-17-31-56(50)71-57-32-18-16-30-53(57)67-64(71)43-25-11-4-12-26-43)44-33-35-48-51(37-44)58-46-27-13-14-28-47(46)59(48)52-38-45(34-36-49(52)58)63-69-61(41-21-7-2-8-22-41)68-62(70-63)42-23-9-3-10-24-42/h1-39,58-59H. The molecule has 7 nitrogen and oxygen atoms in total. The van der Waals surface area contributed by atoms with E-state index >= 15 is 0 Å². The minimum Gasteiger partial charge on any atom is -0.292 e. The van der Waals surface area contributed by atoms with Crippen molar-refractivity contribution in [2.45, 2.75) is 11.8 Å². The number of fused-ring (bicyclic) bond motifs is 1. The summed E-state index contributed by atoms with van der Waals surface area (Å²) >= 11 is 0. The second-order valence-corrected chi connectivity index (χ2v) is 18.2. The van der Waals surface area contributed by atoms with Crippen molar-refractivity contribution >= 4 is 11.0 Å². The summed E-state index contributed by atoms with van der Waals surface area (Å²) in [6, 6.07) is 82.8. The predicted octanol–water partition coefficient (Wildman–Crippen LogP) is 14.7. The van der Waals surface area contributed by atoms with Gasteiger partial charge in [0, 0.05) is 50.8 Å². The molecule has 0 saturated carbocycles. The summed E-state index contributed by atoms with van der Waals surface area (Å²) in [7, 11) is 0. The summed E-state index contributed by atoms with van der Waals surface area (Å²) in [5, 5.41) is 0. The van der Waals surface area contributed by atoms with Crippen LogP contribution in [-0.2, 0) is 0 Å². The molecule has 7 heteroatoms. The lowest BCUT2D eigenvalue weighted by molar-refractivity contribution is 0.754. The Morgan fingerprint density at radius 3 is 1.32 bits per heavy atom. The third kappa shape index (κ3) is 6.89. The van der Waals surface area contributed by atoms with Gasteiger partial charge in [-0.05, 0) is 69.8 Å². The average molecular weight is 908 g/mol. The summed E-state index contributed by atoms with van der Waals surface area (Å²) in [4.78, 5) is 31.1. The number of hydrogen-bond acceptors (Lipinski definition) is 6. The van der Waals surface area contributed by atoms with Gasteiger partial charge in [-0.15, -0.1) is 0 Å². The molecule has 12 aromatic rings. The molecule has 0 radical (unpaired) electrons. The van der Waals surface area contributed by atoms with Gasteiger partial charge in [0.2, 0.25) is 0 Å². The molecule has 2 bridgehead atoms. The zero-order chi connectivity index (χ0) is 46.8. The number of aromatic nitrogens is 7. The molecular weight excluding hydrogens is 867 g/mol. The lowest BCUT2D eigenvalue weighted by atomic mass is 9.60. The number of rotatable bonds is 8. The van der Waals surface area contributed by atoms with Gasteiger partial charge < -0.3 is 0 Å². The molecule has 0 saturated heterocycles. The van der Waals surface area contributed by atoms with Gasteiger partial charge in [0.25, 0.3) is 0 Å². The third-order valence-electron chi connectivity index (χ3n) is 14.1. The fourth-order valence-electron chi connectivity index (χ4n) is 10.8. The van der Waals surface area contributed by atoms with E-state index in [-0.39, 0.29) is 11.8 Å². The monoisotopic (exact) mass is 907 g/mol. The first kappa shape index (κ1) is 40.6. The fourth-order valence-corrected chi connectivity index (χ4v) is 10.8. The fraction of sp³-hybridized carbons (Fsp3) is 0.0312. The summed E-state index contributed by atoms with van der Waals surface area (Å²) in [5.74, 6) is 3.53. The molecule has 0 aliphatic heterocycles. The molecular formula is C64H41N7. The van der Waals surface area contributed by atoms with Crippen molar-refractivity contribution in [1.82, 2.24) is 34.5 Å². The third-order valence-corrected chi connectivity index (χ3v) is 14.1. The van der Waals surface area contributed by atoms with E-state index in [2.05, 4.69) is 174 Å². The van der Waals surface area contributed by atoms with Gasteiger partial charge in [0.05, 0.1) is 28.1 Å². The Kier molecular flexibility index (Phi) is 9.52. The van der Waals surface area contributed by atoms with E-state index in [1.54, 1.807) is 0 Å². The lowest BCUT2D eigenvalue weighted by Gasteiger charge is -2.42. The van der Waals surface area contributed by atoms with E-state index in [1.165, 1.54) is 33.4 Å². The van der Waals surface area contributed by atoms with E-state index in [0.717, 1.165) is 72.9 Å². The largest absolute Gasteiger partial charge is 0.292 e. The molecule has 71 heavy (non-hydrogen) atoms. The van der Waals surface area contributed by atoms with Gasteiger partial charge in [-0.1, -0.05) is 200 Å².